The molecule has 0 saturated carbocycles. The number of carbonyl (C=O) groups excluding carboxylic acids is 2. The summed E-state index contributed by atoms with van der Waals surface area (Å²) in [5.41, 5.74) is 0. The molecule has 0 rings (SSSR count). The molecule has 0 amide bonds. The normalized spacial score (nSPS) is 12.6. The zero-order chi connectivity index (χ0) is 19.5. The molecule has 1 unspecified atom stereocenters. The molecule has 0 aliphatic heterocycles. The van der Waals surface area contributed by atoms with E-state index in [1.54, 1.807) is 6.08 Å². The molecule has 0 saturated heterocycles. The van der Waals surface area contributed by atoms with Crippen molar-refractivity contribution in [3.63, 3.8) is 0 Å². The van der Waals surface area contributed by atoms with Crippen LogP contribution in [0.3, 0.4) is 0 Å². The van der Waals surface area contributed by atoms with Crippen LogP contribution in [0.5, 0.6) is 0 Å². The van der Waals surface area contributed by atoms with E-state index in [0.29, 0.717) is 0 Å². The van der Waals surface area contributed by atoms with Crippen LogP contribution in [-0.2, 0) is 19.1 Å². The van der Waals surface area contributed by atoms with Crippen molar-refractivity contribution in [2.45, 2.75) is 104 Å². The van der Waals surface area contributed by atoms with Gasteiger partial charge in [0.2, 0.25) is 0 Å². The molecule has 4 heteroatoms. The van der Waals surface area contributed by atoms with Gasteiger partial charge in [0.25, 0.3) is 0 Å². The first-order chi connectivity index (χ1) is 12.6. The summed E-state index contributed by atoms with van der Waals surface area (Å²) in [6, 6.07) is 0. The molecule has 4 nitrogen and oxygen atoms in total. The molecule has 0 spiro atoms. The van der Waals surface area contributed by atoms with Crippen LogP contribution in [0.4, 0.5) is 0 Å². The molecule has 0 aromatic carbocycles. The molecule has 0 aliphatic carbocycles. The van der Waals surface area contributed by atoms with E-state index in [0.717, 1.165) is 19.3 Å². The molecule has 0 aromatic heterocycles. The van der Waals surface area contributed by atoms with Crippen molar-refractivity contribution < 1.29 is 19.1 Å². The van der Waals surface area contributed by atoms with Crippen LogP contribution in [0.25, 0.3) is 0 Å². The van der Waals surface area contributed by atoms with Gasteiger partial charge >= 0.3 is 11.9 Å². The van der Waals surface area contributed by atoms with Crippen LogP contribution in [-0.4, -0.2) is 18.0 Å². The van der Waals surface area contributed by atoms with E-state index in [1.807, 2.05) is 0 Å². The molecule has 0 bridgehead atoms. The van der Waals surface area contributed by atoms with Gasteiger partial charge in [-0.15, -0.1) is 0 Å². The molecule has 0 radical (unpaired) electrons. The van der Waals surface area contributed by atoms with Gasteiger partial charge in [0.15, 0.2) is 0 Å². The average molecular weight is 367 g/mol. The Labute approximate surface area is 160 Å². The molecular weight excluding hydrogens is 328 g/mol. The Bertz CT molecular complexity index is 412. The van der Waals surface area contributed by atoms with Crippen LogP contribution in [0, 0.1) is 0 Å². The minimum Gasteiger partial charge on any atom is -0.458 e. The largest absolute Gasteiger partial charge is 0.458 e. The monoisotopic (exact) mass is 366 g/mol. The van der Waals surface area contributed by atoms with Gasteiger partial charge < -0.3 is 9.47 Å². The fraction of sp³-hybridized carbons (Fsp3) is 0.727. The molecule has 150 valence electrons. The molecule has 0 heterocycles. The van der Waals surface area contributed by atoms with Gasteiger partial charge in [-0.3, -0.25) is 9.59 Å². The molecule has 26 heavy (non-hydrogen) atoms. The minimum absolute atomic E-state index is 0.314. The van der Waals surface area contributed by atoms with Gasteiger partial charge in [-0.2, -0.15) is 0 Å². The van der Waals surface area contributed by atoms with Crippen LogP contribution < -0.4 is 0 Å². The third kappa shape index (κ3) is 18.8. The Kier molecular flexibility index (Phi) is 17.1. The van der Waals surface area contributed by atoms with E-state index < -0.39 is 0 Å². The van der Waals surface area contributed by atoms with Gasteiger partial charge in [-0.25, -0.2) is 0 Å². The van der Waals surface area contributed by atoms with Crippen molar-refractivity contribution in [2.75, 3.05) is 0 Å². The van der Waals surface area contributed by atoms with E-state index in [9.17, 15) is 9.59 Å². The van der Waals surface area contributed by atoms with Crippen LogP contribution in [0.2, 0.25) is 0 Å². The van der Waals surface area contributed by atoms with Crippen molar-refractivity contribution in [3.05, 3.63) is 24.5 Å². The summed E-state index contributed by atoms with van der Waals surface area (Å²) in [6.45, 7) is 4.96. The summed E-state index contributed by atoms with van der Waals surface area (Å²) < 4.78 is 9.97. The summed E-state index contributed by atoms with van der Waals surface area (Å²) in [5.74, 6) is -0.689. The lowest BCUT2D eigenvalue weighted by Crippen LogP contribution is -2.13. The fourth-order valence-electron chi connectivity index (χ4n) is 2.68. The Balaban J connectivity index is 3.62. The molecule has 0 aliphatic rings. The fourth-order valence-corrected chi connectivity index (χ4v) is 2.68. The van der Waals surface area contributed by atoms with E-state index in [1.165, 1.54) is 77.9 Å². The standard InChI is InChI=1S/C22H38O4/c1-4-5-6-7-8-9-10-11-12-13-14-15-16-17-22(26-21(3)24)18-19-25-20(2)23/h7-8,18-19,22H,4-6,9-17H2,1-3H3. The second-order valence-electron chi connectivity index (χ2n) is 6.75. The first-order valence-corrected chi connectivity index (χ1v) is 10.2. The zero-order valence-corrected chi connectivity index (χ0v) is 17.0. The molecule has 0 aromatic rings. The molecule has 0 N–H and O–H groups in total. The number of hydrogen-bond donors (Lipinski definition) is 0. The van der Waals surface area contributed by atoms with E-state index in [-0.39, 0.29) is 18.0 Å². The lowest BCUT2D eigenvalue weighted by Gasteiger charge is -2.12. The number of hydrogen-bond acceptors (Lipinski definition) is 4. The quantitative estimate of drug-likeness (QED) is 0.140. The van der Waals surface area contributed by atoms with E-state index in [2.05, 4.69) is 19.1 Å². The SMILES string of the molecule is CCCCC=CCCCCCCCCCC(C=COC(C)=O)OC(C)=O. The van der Waals surface area contributed by atoms with Crippen molar-refractivity contribution in [1.82, 2.24) is 0 Å². The molecular formula is C22H38O4. The second-order valence-corrected chi connectivity index (χ2v) is 6.75. The van der Waals surface area contributed by atoms with E-state index in [4.69, 9.17) is 9.47 Å². The van der Waals surface area contributed by atoms with Gasteiger partial charge in [-0.05, 0) is 38.2 Å². The highest BCUT2D eigenvalue weighted by atomic mass is 16.5. The summed E-state index contributed by atoms with van der Waals surface area (Å²) in [4.78, 5) is 21.9. The maximum atomic E-state index is 11.1. The van der Waals surface area contributed by atoms with Crippen LogP contribution in [0.15, 0.2) is 24.5 Å². The van der Waals surface area contributed by atoms with Crippen molar-refractivity contribution in [3.8, 4) is 0 Å². The second kappa shape index (κ2) is 18.2. The maximum absolute atomic E-state index is 11.1. The smallest absolute Gasteiger partial charge is 0.307 e. The summed E-state index contributed by atoms with van der Waals surface area (Å²) in [6.07, 6.45) is 21.6. The molecule has 0 fully saturated rings. The Morgan fingerprint density at radius 1 is 0.808 bits per heavy atom. The topological polar surface area (TPSA) is 52.6 Å². The predicted octanol–water partition coefficient (Wildman–Crippen LogP) is 6.25. The molecule has 1 atom stereocenters. The first kappa shape index (κ1) is 24.4. The van der Waals surface area contributed by atoms with Gasteiger partial charge in [0, 0.05) is 13.8 Å². The lowest BCUT2D eigenvalue weighted by molar-refractivity contribution is -0.144. The van der Waals surface area contributed by atoms with Crippen molar-refractivity contribution >= 4 is 11.9 Å². The Hall–Kier alpha value is -1.58. The number of allylic oxidation sites excluding steroid dienone is 2. The predicted molar refractivity (Wildman–Crippen MR) is 107 cm³/mol. The number of esters is 2. The first-order valence-electron chi connectivity index (χ1n) is 10.2. The third-order valence-electron chi connectivity index (χ3n) is 4.10. The van der Waals surface area contributed by atoms with Gasteiger partial charge in [0.05, 0.1) is 6.26 Å². The summed E-state index contributed by atoms with van der Waals surface area (Å²) in [7, 11) is 0. The van der Waals surface area contributed by atoms with Crippen LogP contribution >= 0.6 is 0 Å². The highest BCUT2D eigenvalue weighted by Gasteiger charge is 2.08. The average Bonchev–Trinajstić information content (AvgIpc) is 2.58. The van der Waals surface area contributed by atoms with Crippen LogP contribution in [0.1, 0.15) is 97.8 Å². The number of ether oxygens (including phenoxy) is 2. The number of rotatable bonds is 16. The summed E-state index contributed by atoms with van der Waals surface area (Å²) in [5, 5.41) is 0. The third-order valence-corrected chi connectivity index (χ3v) is 4.10. The zero-order valence-electron chi connectivity index (χ0n) is 17.0. The Morgan fingerprint density at radius 3 is 1.96 bits per heavy atom. The summed E-state index contributed by atoms with van der Waals surface area (Å²) >= 11 is 0. The van der Waals surface area contributed by atoms with Crippen molar-refractivity contribution in [1.29, 1.82) is 0 Å². The number of unbranched alkanes of at least 4 members (excludes halogenated alkanes) is 9. The Morgan fingerprint density at radius 2 is 1.38 bits per heavy atom. The highest BCUT2D eigenvalue weighted by Crippen LogP contribution is 2.13. The number of carbonyl (C=O) groups is 2. The highest BCUT2D eigenvalue weighted by molar-refractivity contribution is 5.67. The van der Waals surface area contributed by atoms with E-state index >= 15 is 0 Å². The maximum Gasteiger partial charge on any atom is 0.307 e. The minimum atomic E-state index is -0.376. The van der Waals surface area contributed by atoms with Crippen molar-refractivity contribution in [2.24, 2.45) is 0 Å². The lowest BCUT2D eigenvalue weighted by atomic mass is 10.1. The van der Waals surface area contributed by atoms with Gasteiger partial charge in [-0.1, -0.05) is 64.0 Å². The van der Waals surface area contributed by atoms with Gasteiger partial charge in [0.1, 0.15) is 6.10 Å².